The summed E-state index contributed by atoms with van der Waals surface area (Å²) in [5.41, 5.74) is 0. The van der Waals surface area contributed by atoms with E-state index >= 15 is 0 Å². The molecule has 6 heteroatoms. The second-order valence-electron chi connectivity index (χ2n) is 3.89. The Balaban J connectivity index is 2.43. The van der Waals surface area contributed by atoms with Crippen LogP contribution in [0.25, 0.3) is 0 Å². The van der Waals surface area contributed by atoms with Gasteiger partial charge in [-0.3, -0.25) is 0 Å². The first-order valence-corrected chi connectivity index (χ1v) is 8.11. The second-order valence-corrected chi connectivity index (χ2v) is 7.21. The summed E-state index contributed by atoms with van der Waals surface area (Å²) in [6.07, 6.45) is 3.44. The van der Waals surface area contributed by atoms with Gasteiger partial charge in [0.1, 0.15) is 0 Å². The summed E-state index contributed by atoms with van der Waals surface area (Å²) in [6.45, 7) is 4.18. The van der Waals surface area contributed by atoms with Crippen LogP contribution in [0.2, 0.25) is 0 Å². The zero-order chi connectivity index (χ0) is 11.3. The Morgan fingerprint density at radius 3 is 2.60 bits per heavy atom. The lowest BCUT2D eigenvalue weighted by Crippen LogP contribution is -2.43. The molecule has 1 fully saturated rings. The number of piperidine rings is 1. The maximum atomic E-state index is 11.9. The van der Waals surface area contributed by atoms with Gasteiger partial charge >= 0.3 is 0 Å². The average Bonchev–Trinajstić information content (AvgIpc) is 2.27. The largest absolute Gasteiger partial charge is 0.317 e. The van der Waals surface area contributed by atoms with E-state index in [1.807, 2.05) is 13.2 Å². The fourth-order valence-electron chi connectivity index (χ4n) is 1.54. The van der Waals surface area contributed by atoms with Gasteiger partial charge in [0.2, 0.25) is 10.0 Å². The van der Waals surface area contributed by atoms with Crippen LogP contribution in [0.15, 0.2) is 0 Å². The summed E-state index contributed by atoms with van der Waals surface area (Å²) >= 11 is 1.67. The van der Waals surface area contributed by atoms with Gasteiger partial charge in [0.15, 0.2) is 0 Å². The fourth-order valence-corrected chi connectivity index (χ4v) is 3.47. The highest BCUT2D eigenvalue weighted by Gasteiger charge is 2.26. The highest BCUT2D eigenvalue weighted by atomic mass is 32.2. The van der Waals surface area contributed by atoms with Crippen LogP contribution in [-0.2, 0) is 10.0 Å². The number of thioether (sulfide) groups is 1. The van der Waals surface area contributed by atoms with Gasteiger partial charge in [-0.15, -0.1) is 0 Å². The van der Waals surface area contributed by atoms with Gasteiger partial charge in [-0.1, -0.05) is 6.92 Å². The van der Waals surface area contributed by atoms with E-state index < -0.39 is 10.0 Å². The lowest BCUT2D eigenvalue weighted by atomic mass is 10.2. The molecule has 1 atom stereocenters. The number of sulfonamides is 1. The topological polar surface area (TPSA) is 58.2 Å². The van der Waals surface area contributed by atoms with Crippen molar-refractivity contribution in [3.05, 3.63) is 0 Å². The van der Waals surface area contributed by atoms with Crippen molar-refractivity contribution in [2.75, 3.05) is 25.9 Å². The monoisotopic (exact) mass is 252 g/mol. The maximum Gasteiger partial charge on any atom is 0.214 e. The highest BCUT2D eigenvalue weighted by Crippen LogP contribution is 2.12. The smallest absolute Gasteiger partial charge is 0.214 e. The van der Waals surface area contributed by atoms with E-state index in [1.54, 1.807) is 11.8 Å². The van der Waals surface area contributed by atoms with Crippen LogP contribution in [-0.4, -0.2) is 44.8 Å². The minimum absolute atomic E-state index is 0.201. The number of rotatable bonds is 5. The molecule has 0 amide bonds. The third-order valence-corrected chi connectivity index (χ3v) is 5.59. The molecule has 0 aromatic rings. The molecular weight excluding hydrogens is 232 g/mol. The van der Waals surface area contributed by atoms with Crippen molar-refractivity contribution in [1.82, 2.24) is 10.0 Å². The third-order valence-electron chi connectivity index (χ3n) is 2.70. The Hall–Kier alpha value is 0.220. The molecule has 0 aliphatic carbocycles. The van der Waals surface area contributed by atoms with Gasteiger partial charge in [-0.05, 0) is 32.2 Å². The van der Waals surface area contributed by atoms with Crippen molar-refractivity contribution < 1.29 is 8.42 Å². The Bertz CT molecular complexity index is 274. The van der Waals surface area contributed by atoms with E-state index in [0.717, 1.165) is 25.9 Å². The molecule has 1 heterocycles. The van der Waals surface area contributed by atoms with Crippen molar-refractivity contribution in [2.45, 2.75) is 30.3 Å². The van der Waals surface area contributed by atoms with Crippen LogP contribution in [0.5, 0.6) is 0 Å². The van der Waals surface area contributed by atoms with E-state index in [1.165, 1.54) is 0 Å². The molecule has 1 aliphatic rings. The lowest BCUT2D eigenvalue weighted by Gasteiger charge is -2.23. The molecule has 0 spiro atoms. The van der Waals surface area contributed by atoms with E-state index in [0.29, 0.717) is 11.8 Å². The number of hydrogen-bond acceptors (Lipinski definition) is 4. The Morgan fingerprint density at radius 1 is 1.47 bits per heavy atom. The fraction of sp³-hybridized carbons (Fsp3) is 1.00. The summed E-state index contributed by atoms with van der Waals surface area (Å²) in [7, 11) is -3.09. The van der Waals surface area contributed by atoms with Crippen molar-refractivity contribution >= 4 is 21.8 Å². The average molecular weight is 252 g/mol. The van der Waals surface area contributed by atoms with Crippen LogP contribution in [0.1, 0.15) is 19.8 Å². The van der Waals surface area contributed by atoms with Crippen molar-refractivity contribution in [2.24, 2.45) is 0 Å². The molecule has 1 saturated heterocycles. The molecule has 0 aromatic heterocycles. The second kappa shape index (κ2) is 6.08. The summed E-state index contributed by atoms with van der Waals surface area (Å²) < 4.78 is 26.4. The van der Waals surface area contributed by atoms with Crippen molar-refractivity contribution in [1.29, 1.82) is 0 Å². The van der Waals surface area contributed by atoms with E-state index in [2.05, 4.69) is 10.0 Å². The molecule has 4 nitrogen and oxygen atoms in total. The molecule has 2 N–H and O–H groups in total. The summed E-state index contributed by atoms with van der Waals surface area (Å²) in [4.78, 5) is 0. The Kier molecular flexibility index (Phi) is 5.38. The van der Waals surface area contributed by atoms with Gasteiger partial charge in [0, 0.05) is 11.8 Å². The standard InChI is InChI=1S/C9H20N2O2S2/c1-8(14-2)7-11-15(12,13)9-3-5-10-6-4-9/h8-11H,3-7H2,1-2H3. The SMILES string of the molecule is CSC(C)CNS(=O)(=O)C1CCNCC1. The molecule has 1 rings (SSSR count). The first-order chi connectivity index (χ1) is 7.06. The molecular formula is C9H20N2O2S2. The minimum atomic E-state index is -3.09. The van der Waals surface area contributed by atoms with Crippen molar-refractivity contribution in [3.63, 3.8) is 0 Å². The van der Waals surface area contributed by atoms with E-state index in [4.69, 9.17) is 0 Å². The molecule has 0 bridgehead atoms. The van der Waals surface area contributed by atoms with Crippen LogP contribution in [0, 0.1) is 0 Å². The molecule has 90 valence electrons. The maximum absolute atomic E-state index is 11.9. The van der Waals surface area contributed by atoms with Crippen LogP contribution in [0.3, 0.4) is 0 Å². The first kappa shape index (κ1) is 13.3. The summed E-state index contributed by atoms with van der Waals surface area (Å²) in [5, 5.41) is 3.30. The molecule has 0 saturated carbocycles. The van der Waals surface area contributed by atoms with Gasteiger partial charge in [-0.25, -0.2) is 13.1 Å². The summed E-state index contributed by atoms with van der Waals surface area (Å²) in [5.74, 6) is 0. The van der Waals surface area contributed by atoms with Crippen LogP contribution < -0.4 is 10.0 Å². The molecule has 1 aliphatic heterocycles. The van der Waals surface area contributed by atoms with Gasteiger partial charge in [-0.2, -0.15) is 11.8 Å². The quantitative estimate of drug-likeness (QED) is 0.744. The van der Waals surface area contributed by atoms with Crippen LogP contribution >= 0.6 is 11.8 Å². The van der Waals surface area contributed by atoms with Gasteiger partial charge < -0.3 is 5.32 Å². The van der Waals surface area contributed by atoms with E-state index in [-0.39, 0.29) is 5.25 Å². The molecule has 0 aromatic carbocycles. The third kappa shape index (κ3) is 4.30. The summed E-state index contributed by atoms with van der Waals surface area (Å²) in [6, 6.07) is 0. The predicted octanol–water partition coefficient (Wildman–Crippen LogP) is 0.409. The zero-order valence-electron chi connectivity index (χ0n) is 9.32. The molecule has 0 radical (unpaired) electrons. The Morgan fingerprint density at radius 2 is 2.07 bits per heavy atom. The predicted molar refractivity (Wildman–Crippen MR) is 65.8 cm³/mol. The highest BCUT2D eigenvalue weighted by molar-refractivity contribution is 7.99. The Labute approximate surface area is 96.6 Å². The number of nitrogens with one attached hydrogen (secondary N) is 2. The first-order valence-electron chi connectivity index (χ1n) is 5.28. The molecule has 1 unspecified atom stereocenters. The number of hydrogen-bond donors (Lipinski definition) is 2. The lowest BCUT2D eigenvalue weighted by molar-refractivity contribution is 0.489. The minimum Gasteiger partial charge on any atom is -0.317 e. The van der Waals surface area contributed by atoms with Crippen molar-refractivity contribution in [3.8, 4) is 0 Å². The van der Waals surface area contributed by atoms with Gasteiger partial charge in [0.05, 0.1) is 5.25 Å². The van der Waals surface area contributed by atoms with E-state index in [9.17, 15) is 8.42 Å². The van der Waals surface area contributed by atoms with Crippen LogP contribution in [0.4, 0.5) is 0 Å². The van der Waals surface area contributed by atoms with Gasteiger partial charge in [0.25, 0.3) is 0 Å². The zero-order valence-corrected chi connectivity index (χ0v) is 11.0. The normalized spacial score (nSPS) is 21.5. The molecule has 15 heavy (non-hydrogen) atoms.